The number of aromatic amines is 1. The minimum Gasteiger partial charge on any atom is -0.508 e. The Hall–Kier alpha value is -2.83. The van der Waals surface area contributed by atoms with Crippen LogP contribution in [-0.2, 0) is 0 Å². The molecule has 4 rings (SSSR count). The summed E-state index contributed by atoms with van der Waals surface area (Å²) in [6.45, 7) is 1.94. The molecular weight excluding hydrogens is 318 g/mol. The Bertz CT molecular complexity index is 921. The van der Waals surface area contributed by atoms with Crippen molar-refractivity contribution in [2.24, 2.45) is 0 Å². The first-order valence-electron chi connectivity index (χ1n) is 8.66. The molecule has 1 fully saturated rings. The number of phenols is 1. The van der Waals surface area contributed by atoms with Crippen LogP contribution in [-0.4, -0.2) is 31.0 Å². The number of hydrogen-bond acceptors (Lipinski definition) is 4. The summed E-state index contributed by atoms with van der Waals surface area (Å²) in [6.07, 6.45) is 7.61. The van der Waals surface area contributed by atoms with Crippen LogP contribution in [0, 0.1) is 6.92 Å². The third kappa shape index (κ3) is 2.86. The minimum atomic E-state index is -0.221. The molecule has 2 heterocycles. The van der Waals surface area contributed by atoms with Gasteiger partial charge in [0.25, 0.3) is 5.91 Å². The van der Waals surface area contributed by atoms with Gasteiger partial charge in [0.1, 0.15) is 5.75 Å². The summed E-state index contributed by atoms with van der Waals surface area (Å²) in [5.74, 6) is 0.379. The van der Waals surface area contributed by atoms with Crippen molar-refractivity contribution in [3.63, 3.8) is 0 Å². The van der Waals surface area contributed by atoms with E-state index >= 15 is 0 Å². The van der Waals surface area contributed by atoms with Crippen LogP contribution in [0.2, 0.25) is 0 Å². The number of H-pyrrole nitrogens is 1. The van der Waals surface area contributed by atoms with Crippen LogP contribution < -0.4 is 5.32 Å². The largest absolute Gasteiger partial charge is 0.508 e. The van der Waals surface area contributed by atoms with E-state index in [2.05, 4.69) is 20.6 Å². The fourth-order valence-electron chi connectivity index (χ4n) is 3.62. The molecule has 0 radical (unpaired) electrons. The molecule has 0 atom stereocenters. The molecule has 1 aliphatic carbocycles. The summed E-state index contributed by atoms with van der Waals surface area (Å²) in [7, 11) is 0. The van der Waals surface area contributed by atoms with Gasteiger partial charge in [0.15, 0.2) is 5.82 Å². The fourth-order valence-corrected chi connectivity index (χ4v) is 3.62. The molecule has 130 valence electrons. The van der Waals surface area contributed by atoms with Crippen LogP contribution in [0.3, 0.4) is 0 Å². The van der Waals surface area contributed by atoms with E-state index in [1.807, 2.05) is 11.6 Å². The molecule has 7 heteroatoms. The van der Waals surface area contributed by atoms with Crippen molar-refractivity contribution in [1.82, 2.24) is 20.0 Å². The van der Waals surface area contributed by atoms with Gasteiger partial charge in [-0.25, -0.2) is 0 Å². The van der Waals surface area contributed by atoms with Crippen molar-refractivity contribution >= 4 is 22.6 Å². The molecule has 0 bridgehead atoms. The SMILES string of the molecule is Cc1c(C(=O)Nc2n[nH]c3cc(O)ccc23)cnn1C1CCCCC1. The molecule has 3 aromatic rings. The molecule has 0 spiro atoms. The number of benzene rings is 1. The number of rotatable bonds is 3. The zero-order valence-electron chi connectivity index (χ0n) is 14.1. The highest BCUT2D eigenvalue weighted by atomic mass is 16.3. The van der Waals surface area contributed by atoms with Gasteiger partial charge in [-0.2, -0.15) is 10.2 Å². The lowest BCUT2D eigenvalue weighted by Gasteiger charge is -2.23. The lowest BCUT2D eigenvalue weighted by molar-refractivity contribution is 0.102. The van der Waals surface area contributed by atoms with Crippen LogP contribution >= 0.6 is 0 Å². The highest BCUT2D eigenvalue weighted by molar-refractivity contribution is 6.08. The summed E-state index contributed by atoms with van der Waals surface area (Å²) in [5, 5.41) is 24.5. The molecule has 1 amide bonds. The zero-order chi connectivity index (χ0) is 17.4. The van der Waals surface area contributed by atoms with E-state index in [0.29, 0.717) is 22.9 Å². The van der Waals surface area contributed by atoms with Gasteiger partial charge in [0, 0.05) is 17.1 Å². The van der Waals surface area contributed by atoms with E-state index in [1.54, 1.807) is 24.4 Å². The van der Waals surface area contributed by atoms with E-state index in [9.17, 15) is 9.90 Å². The average molecular weight is 339 g/mol. The average Bonchev–Trinajstić information content (AvgIpc) is 3.19. The number of carbonyl (C=O) groups excluding carboxylic acids is 1. The smallest absolute Gasteiger partial charge is 0.260 e. The van der Waals surface area contributed by atoms with Gasteiger partial charge in [0.2, 0.25) is 0 Å². The van der Waals surface area contributed by atoms with Crippen LogP contribution in [0.5, 0.6) is 5.75 Å². The highest BCUT2D eigenvalue weighted by Gasteiger charge is 2.22. The van der Waals surface area contributed by atoms with Crippen LogP contribution in [0.15, 0.2) is 24.4 Å². The van der Waals surface area contributed by atoms with Crippen molar-refractivity contribution in [2.75, 3.05) is 5.32 Å². The van der Waals surface area contributed by atoms with Crippen LogP contribution in [0.4, 0.5) is 5.82 Å². The van der Waals surface area contributed by atoms with Gasteiger partial charge in [-0.05, 0) is 31.9 Å². The molecule has 25 heavy (non-hydrogen) atoms. The van der Waals surface area contributed by atoms with E-state index in [0.717, 1.165) is 23.9 Å². The molecule has 3 N–H and O–H groups in total. The van der Waals surface area contributed by atoms with E-state index in [-0.39, 0.29) is 11.7 Å². The second kappa shape index (κ2) is 6.23. The number of nitrogens with zero attached hydrogens (tertiary/aromatic N) is 3. The molecule has 0 saturated heterocycles. The van der Waals surface area contributed by atoms with Crippen molar-refractivity contribution in [1.29, 1.82) is 0 Å². The highest BCUT2D eigenvalue weighted by Crippen LogP contribution is 2.30. The molecule has 2 aromatic heterocycles. The topological polar surface area (TPSA) is 95.8 Å². The lowest BCUT2D eigenvalue weighted by Crippen LogP contribution is -2.17. The maximum absolute atomic E-state index is 12.7. The second-order valence-corrected chi connectivity index (χ2v) is 6.64. The lowest BCUT2D eigenvalue weighted by atomic mass is 9.95. The molecular formula is C18H21N5O2. The van der Waals surface area contributed by atoms with Crippen molar-refractivity contribution in [2.45, 2.75) is 45.1 Å². The quantitative estimate of drug-likeness (QED) is 0.680. The van der Waals surface area contributed by atoms with E-state index in [1.165, 1.54) is 19.3 Å². The third-order valence-electron chi connectivity index (χ3n) is 4.99. The first kappa shape index (κ1) is 15.7. The van der Waals surface area contributed by atoms with Crippen molar-refractivity contribution in [3.8, 4) is 5.75 Å². The van der Waals surface area contributed by atoms with Crippen molar-refractivity contribution in [3.05, 3.63) is 35.7 Å². The third-order valence-corrected chi connectivity index (χ3v) is 4.99. The maximum Gasteiger partial charge on any atom is 0.260 e. The van der Waals surface area contributed by atoms with Crippen molar-refractivity contribution < 1.29 is 9.90 Å². The van der Waals surface area contributed by atoms with Gasteiger partial charge in [-0.15, -0.1) is 0 Å². The van der Waals surface area contributed by atoms with Crippen LogP contribution in [0.25, 0.3) is 10.9 Å². The first-order chi connectivity index (χ1) is 12.1. The van der Waals surface area contributed by atoms with E-state index in [4.69, 9.17) is 0 Å². The molecule has 1 saturated carbocycles. The zero-order valence-corrected chi connectivity index (χ0v) is 14.1. The van der Waals surface area contributed by atoms with Gasteiger partial charge < -0.3 is 10.4 Å². The summed E-state index contributed by atoms with van der Waals surface area (Å²) < 4.78 is 1.99. The Balaban J connectivity index is 1.57. The van der Waals surface area contributed by atoms with Gasteiger partial charge in [-0.3, -0.25) is 14.6 Å². The number of aromatic hydroxyl groups is 1. The number of amides is 1. The summed E-state index contributed by atoms with van der Waals surface area (Å²) in [4.78, 5) is 12.7. The fraction of sp³-hybridized carbons (Fsp3) is 0.389. The van der Waals surface area contributed by atoms with Crippen LogP contribution in [0.1, 0.15) is 54.2 Å². The summed E-state index contributed by atoms with van der Waals surface area (Å²) >= 11 is 0. The molecule has 1 aromatic carbocycles. The van der Waals surface area contributed by atoms with E-state index < -0.39 is 0 Å². The predicted octanol–water partition coefficient (Wildman–Crippen LogP) is 3.53. The molecule has 0 aliphatic heterocycles. The van der Waals surface area contributed by atoms with Gasteiger partial charge in [-0.1, -0.05) is 19.3 Å². The molecule has 0 unspecified atom stereocenters. The number of aromatic nitrogens is 4. The summed E-state index contributed by atoms with van der Waals surface area (Å²) in [6, 6.07) is 5.26. The monoisotopic (exact) mass is 339 g/mol. The minimum absolute atomic E-state index is 0.152. The standard InChI is InChI=1S/C18H21N5O2/c1-11-15(10-19-23(11)12-5-3-2-4-6-12)18(25)20-17-14-8-7-13(24)9-16(14)21-22-17/h7-10,12,24H,2-6H2,1H3,(H2,20,21,22,25). The predicted molar refractivity (Wildman–Crippen MR) is 94.8 cm³/mol. The number of anilines is 1. The number of nitrogens with one attached hydrogen (secondary N) is 2. The Morgan fingerprint density at radius 1 is 1.32 bits per heavy atom. The summed E-state index contributed by atoms with van der Waals surface area (Å²) in [5.41, 5.74) is 2.13. The van der Waals surface area contributed by atoms with Gasteiger partial charge in [0.05, 0.1) is 23.3 Å². The number of fused-ring (bicyclic) bond motifs is 1. The number of hydrogen-bond donors (Lipinski definition) is 3. The Labute approximate surface area is 145 Å². The normalized spacial score (nSPS) is 15.6. The first-order valence-corrected chi connectivity index (χ1v) is 8.66. The Morgan fingerprint density at radius 2 is 2.12 bits per heavy atom. The van der Waals surface area contributed by atoms with Gasteiger partial charge >= 0.3 is 0 Å². The molecule has 1 aliphatic rings. The second-order valence-electron chi connectivity index (χ2n) is 6.64. The Kier molecular flexibility index (Phi) is 3.91. The number of carbonyl (C=O) groups is 1. The number of phenolic OH excluding ortho intramolecular Hbond substituents is 1. The maximum atomic E-state index is 12.7. The molecule has 7 nitrogen and oxygen atoms in total. The Morgan fingerprint density at radius 3 is 2.92 bits per heavy atom.